The quantitative estimate of drug-likeness (QED) is 0.772. The molecule has 1 aromatic heterocycles. The molecule has 3 N–H and O–H groups in total. The van der Waals surface area contributed by atoms with Crippen LogP contribution in [0.2, 0.25) is 0 Å². The van der Waals surface area contributed by atoms with E-state index in [9.17, 15) is 4.79 Å². The molecule has 0 radical (unpaired) electrons. The van der Waals surface area contributed by atoms with Crippen molar-refractivity contribution in [1.82, 2.24) is 5.32 Å². The number of likely N-dealkylation sites (N-methyl/N-ethyl adjacent to an activating group) is 1. The van der Waals surface area contributed by atoms with Crippen molar-refractivity contribution < 1.29 is 9.69 Å². The van der Waals surface area contributed by atoms with Crippen LogP contribution in [0.1, 0.15) is 10.9 Å². The number of amides is 2. The third-order valence-corrected chi connectivity index (χ3v) is 4.07. The lowest BCUT2D eigenvalue weighted by Crippen LogP contribution is -3.06. The molecule has 5 heteroatoms. The molecule has 0 bridgehead atoms. The van der Waals surface area contributed by atoms with Crippen LogP contribution in [0.3, 0.4) is 0 Å². The van der Waals surface area contributed by atoms with Crippen molar-refractivity contribution in [3.8, 4) is 0 Å². The molecular formula is C15H20N3OS+. The second-order valence-corrected chi connectivity index (χ2v) is 5.83. The Morgan fingerprint density at radius 2 is 1.95 bits per heavy atom. The highest BCUT2D eigenvalue weighted by Gasteiger charge is 2.19. The van der Waals surface area contributed by atoms with Crippen LogP contribution in [0.15, 0.2) is 47.8 Å². The fourth-order valence-corrected chi connectivity index (χ4v) is 2.93. The molecule has 0 fully saturated rings. The second-order valence-electron chi connectivity index (χ2n) is 4.85. The van der Waals surface area contributed by atoms with Gasteiger partial charge in [0.2, 0.25) is 0 Å². The van der Waals surface area contributed by atoms with Crippen molar-refractivity contribution in [2.24, 2.45) is 0 Å². The van der Waals surface area contributed by atoms with E-state index in [-0.39, 0.29) is 12.1 Å². The average molecular weight is 290 g/mol. The van der Waals surface area contributed by atoms with E-state index < -0.39 is 0 Å². The molecule has 0 aliphatic carbocycles. The monoisotopic (exact) mass is 290 g/mol. The van der Waals surface area contributed by atoms with Crippen LogP contribution in [0, 0.1) is 0 Å². The van der Waals surface area contributed by atoms with Crippen molar-refractivity contribution in [2.45, 2.75) is 6.04 Å². The molecule has 0 aliphatic rings. The third-order valence-electron chi connectivity index (χ3n) is 3.08. The number of hydrogen-bond donors (Lipinski definition) is 3. The first kappa shape index (κ1) is 14.6. The molecule has 0 spiro atoms. The molecule has 1 atom stereocenters. The SMILES string of the molecule is C[NH+](C)[C@@H](CNC(=O)Nc1ccccc1)c1cccs1. The molecule has 1 aromatic carbocycles. The minimum atomic E-state index is -0.168. The number of urea groups is 1. The van der Waals surface area contributed by atoms with Crippen molar-refractivity contribution in [2.75, 3.05) is 26.0 Å². The van der Waals surface area contributed by atoms with Crippen LogP contribution >= 0.6 is 11.3 Å². The number of para-hydroxylation sites is 1. The topological polar surface area (TPSA) is 45.6 Å². The first-order valence-electron chi connectivity index (χ1n) is 6.60. The van der Waals surface area contributed by atoms with Crippen molar-refractivity contribution in [1.29, 1.82) is 0 Å². The van der Waals surface area contributed by atoms with Gasteiger partial charge in [-0.2, -0.15) is 0 Å². The summed E-state index contributed by atoms with van der Waals surface area (Å²) in [5.74, 6) is 0. The van der Waals surface area contributed by atoms with Gasteiger partial charge in [-0.3, -0.25) is 0 Å². The van der Waals surface area contributed by atoms with Gasteiger partial charge in [-0.1, -0.05) is 24.3 Å². The first-order chi connectivity index (χ1) is 9.66. The van der Waals surface area contributed by atoms with Crippen LogP contribution in [0.25, 0.3) is 0 Å². The fraction of sp³-hybridized carbons (Fsp3) is 0.267. The second kappa shape index (κ2) is 7.07. The van der Waals surface area contributed by atoms with Gasteiger partial charge in [0, 0.05) is 5.69 Å². The van der Waals surface area contributed by atoms with Gasteiger partial charge in [0.25, 0.3) is 0 Å². The molecule has 0 unspecified atom stereocenters. The zero-order chi connectivity index (χ0) is 14.4. The number of carbonyl (C=O) groups is 1. The Morgan fingerprint density at radius 1 is 1.20 bits per heavy atom. The summed E-state index contributed by atoms with van der Waals surface area (Å²) in [6, 6.07) is 13.7. The summed E-state index contributed by atoms with van der Waals surface area (Å²) in [5.41, 5.74) is 0.801. The van der Waals surface area contributed by atoms with E-state index in [1.54, 1.807) is 11.3 Å². The lowest BCUT2D eigenvalue weighted by atomic mass is 10.2. The highest BCUT2D eigenvalue weighted by atomic mass is 32.1. The van der Waals surface area contributed by atoms with Gasteiger partial charge in [-0.05, 0) is 23.6 Å². The fourth-order valence-electron chi connectivity index (χ4n) is 1.97. The van der Waals surface area contributed by atoms with Gasteiger partial charge in [0.05, 0.1) is 25.5 Å². The van der Waals surface area contributed by atoms with Crippen LogP contribution in [-0.4, -0.2) is 26.7 Å². The molecule has 0 aliphatic heterocycles. The minimum Gasteiger partial charge on any atom is -0.331 e. The summed E-state index contributed by atoms with van der Waals surface area (Å²) in [4.78, 5) is 14.5. The lowest BCUT2D eigenvalue weighted by Gasteiger charge is -2.20. The molecule has 106 valence electrons. The van der Waals surface area contributed by atoms with Crippen molar-refractivity contribution in [3.05, 3.63) is 52.7 Å². The largest absolute Gasteiger partial charge is 0.331 e. The van der Waals surface area contributed by atoms with Gasteiger partial charge in [0.1, 0.15) is 6.04 Å². The molecule has 2 aromatic rings. The van der Waals surface area contributed by atoms with Crippen LogP contribution in [-0.2, 0) is 0 Å². The normalized spacial score (nSPS) is 12.2. The number of hydrogen-bond acceptors (Lipinski definition) is 2. The first-order valence-corrected chi connectivity index (χ1v) is 7.48. The van der Waals surface area contributed by atoms with Crippen LogP contribution < -0.4 is 15.5 Å². The molecule has 1 heterocycles. The molecule has 0 saturated heterocycles. The number of benzene rings is 1. The van der Waals surface area contributed by atoms with Gasteiger partial charge >= 0.3 is 6.03 Å². The van der Waals surface area contributed by atoms with Crippen molar-refractivity contribution >= 4 is 23.1 Å². The maximum Gasteiger partial charge on any atom is 0.319 e. The molecule has 4 nitrogen and oxygen atoms in total. The highest BCUT2D eigenvalue weighted by molar-refractivity contribution is 7.10. The van der Waals surface area contributed by atoms with Gasteiger partial charge < -0.3 is 15.5 Å². The lowest BCUT2D eigenvalue weighted by molar-refractivity contribution is -0.890. The standard InChI is InChI=1S/C15H19N3OS/c1-18(2)13(14-9-6-10-20-14)11-16-15(19)17-12-7-4-3-5-8-12/h3-10,13H,11H2,1-2H3,(H2,16,17,19)/p+1/t13-/m0/s1. The summed E-state index contributed by atoms with van der Waals surface area (Å²) >= 11 is 1.72. The van der Waals surface area contributed by atoms with Gasteiger partial charge in [-0.15, -0.1) is 11.3 Å². The highest BCUT2D eigenvalue weighted by Crippen LogP contribution is 2.15. The molecule has 2 rings (SSSR count). The number of quaternary nitrogens is 1. The molecule has 0 saturated carbocycles. The predicted octanol–water partition coefficient (Wildman–Crippen LogP) is 1.76. The van der Waals surface area contributed by atoms with E-state index in [1.807, 2.05) is 36.4 Å². The summed E-state index contributed by atoms with van der Waals surface area (Å²) in [5, 5.41) is 7.83. The maximum absolute atomic E-state index is 11.9. The minimum absolute atomic E-state index is 0.168. The van der Waals surface area contributed by atoms with Gasteiger partial charge in [0.15, 0.2) is 0 Å². The summed E-state index contributed by atoms with van der Waals surface area (Å²) in [7, 11) is 4.20. The number of rotatable bonds is 5. The summed E-state index contributed by atoms with van der Waals surface area (Å²) in [6.07, 6.45) is 0. The Balaban J connectivity index is 1.88. The summed E-state index contributed by atoms with van der Waals surface area (Å²) in [6.45, 7) is 0.613. The van der Waals surface area contributed by atoms with E-state index in [4.69, 9.17) is 0 Å². The van der Waals surface area contributed by atoms with E-state index in [1.165, 1.54) is 9.78 Å². The Bertz CT molecular complexity index is 525. The number of carbonyl (C=O) groups excluding carboxylic acids is 1. The van der Waals surface area contributed by atoms with E-state index in [2.05, 4.69) is 36.2 Å². The maximum atomic E-state index is 11.9. The average Bonchev–Trinajstić information content (AvgIpc) is 2.93. The van der Waals surface area contributed by atoms with E-state index in [0.717, 1.165) is 5.69 Å². The Hall–Kier alpha value is -1.85. The van der Waals surface area contributed by atoms with E-state index >= 15 is 0 Å². The smallest absolute Gasteiger partial charge is 0.319 e. The number of nitrogens with one attached hydrogen (secondary N) is 3. The molecule has 2 amide bonds. The van der Waals surface area contributed by atoms with Gasteiger partial charge in [-0.25, -0.2) is 4.79 Å². The Morgan fingerprint density at radius 3 is 2.55 bits per heavy atom. The predicted molar refractivity (Wildman–Crippen MR) is 83.3 cm³/mol. The Labute approximate surface area is 123 Å². The zero-order valence-electron chi connectivity index (χ0n) is 11.7. The third kappa shape index (κ3) is 4.08. The van der Waals surface area contributed by atoms with Crippen LogP contribution in [0.4, 0.5) is 10.5 Å². The van der Waals surface area contributed by atoms with Crippen molar-refractivity contribution in [3.63, 3.8) is 0 Å². The summed E-state index contributed by atoms with van der Waals surface area (Å²) < 4.78 is 0. The number of thiophene rings is 1. The molecule has 20 heavy (non-hydrogen) atoms. The zero-order valence-corrected chi connectivity index (χ0v) is 12.5. The van der Waals surface area contributed by atoms with Crippen LogP contribution in [0.5, 0.6) is 0 Å². The van der Waals surface area contributed by atoms with E-state index in [0.29, 0.717) is 6.54 Å². The molecular weight excluding hydrogens is 270 g/mol. The Kier molecular flexibility index (Phi) is 5.15. The number of anilines is 1.